The fraction of sp³-hybridized carbons (Fsp3) is 0.333. The van der Waals surface area contributed by atoms with Crippen LogP contribution in [0.25, 0.3) is 6.08 Å². The highest BCUT2D eigenvalue weighted by atomic mass is 16.4. The number of hydrogen-bond donors (Lipinski definition) is 2. The highest BCUT2D eigenvalue weighted by Gasteiger charge is 2.09. The molecular formula is C15H20N2O3. The van der Waals surface area contributed by atoms with E-state index in [0.29, 0.717) is 6.54 Å². The quantitative estimate of drug-likeness (QED) is 0.744. The summed E-state index contributed by atoms with van der Waals surface area (Å²) < 4.78 is 0. The van der Waals surface area contributed by atoms with Gasteiger partial charge in [0.2, 0.25) is 5.91 Å². The first-order valence-corrected chi connectivity index (χ1v) is 6.52. The number of carboxylic acids is 1. The van der Waals surface area contributed by atoms with Crippen LogP contribution in [0, 0.1) is 0 Å². The van der Waals surface area contributed by atoms with Crippen LogP contribution in [0.2, 0.25) is 0 Å². The molecule has 0 aliphatic heterocycles. The summed E-state index contributed by atoms with van der Waals surface area (Å²) in [6.45, 7) is 2.89. The number of carboxylic acid groups (broad SMARTS) is 1. The number of hydrogen-bond acceptors (Lipinski definition) is 3. The molecule has 108 valence electrons. The maximum Gasteiger partial charge on any atom is 0.328 e. The summed E-state index contributed by atoms with van der Waals surface area (Å²) in [4.78, 5) is 24.1. The second-order valence-corrected chi connectivity index (χ2v) is 4.44. The van der Waals surface area contributed by atoms with E-state index in [4.69, 9.17) is 5.11 Å². The number of likely N-dealkylation sites (N-methyl/N-ethyl adjacent to an activating group) is 1. The van der Waals surface area contributed by atoms with Crippen molar-refractivity contribution < 1.29 is 14.7 Å². The molecule has 0 aliphatic rings. The Balaban J connectivity index is 2.79. The summed E-state index contributed by atoms with van der Waals surface area (Å²) in [5.41, 5.74) is 1.58. The van der Waals surface area contributed by atoms with E-state index in [-0.39, 0.29) is 12.5 Å². The fourth-order valence-electron chi connectivity index (χ4n) is 1.76. The van der Waals surface area contributed by atoms with Crippen LogP contribution in [-0.4, -0.2) is 37.1 Å². The molecule has 0 fully saturated rings. The van der Waals surface area contributed by atoms with Crippen molar-refractivity contribution in [3.05, 3.63) is 35.9 Å². The number of carbonyl (C=O) groups is 2. The van der Waals surface area contributed by atoms with Gasteiger partial charge in [0.25, 0.3) is 0 Å². The Hall–Kier alpha value is -2.30. The van der Waals surface area contributed by atoms with Gasteiger partial charge < -0.3 is 15.3 Å². The standard InChI is InChI=1S/C15H20N2O3/c1-3-10-16-14(18)11-17(2)13-7-5-4-6-12(13)8-9-15(19)20/h4-9H,3,10-11H2,1-2H3,(H,16,18)(H,19,20). The van der Waals surface area contributed by atoms with Gasteiger partial charge in [0.05, 0.1) is 6.54 Å². The summed E-state index contributed by atoms with van der Waals surface area (Å²) in [7, 11) is 1.80. The summed E-state index contributed by atoms with van der Waals surface area (Å²) in [5.74, 6) is -1.05. The summed E-state index contributed by atoms with van der Waals surface area (Å²) >= 11 is 0. The van der Waals surface area contributed by atoms with Crippen molar-refractivity contribution in [2.24, 2.45) is 0 Å². The zero-order valence-electron chi connectivity index (χ0n) is 11.8. The number of anilines is 1. The SMILES string of the molecule is CCCNC(=O)CN(C)c1ccccc1C=CC(=O)O. The predicted molar refractivity (Wildman–Crippen MR) is 79.7 cm³/mol. The van der Waals surface area contributed by atoms with Gasteiger partial charge in [-0.2, -0.15) is 0 Å². The fourth-order valence-corrected chi connectivity index (χ4v) is 1.76. The van der Waals surface area contributed by atoms with Crippen molar-refractivity contribution in [1.82, 2.24) is 5.32 Å². The van der Waals surface area contributed by atoms with Crippen molar-refractivity contribution in [3.63, 3.8) is 0 Å². The smallest absolute Gasteiger partial charge is 0.328 e. The van der Waals surface area contributed by atoms with E-state index >= 15 is 0 Å². The topological polar surface area (TPSA) is 69.6 Å². The molecule has 5 nitrogen and oxygen atoms in total. The van der Waals surface area contributed by atoms with Gasteiger partial charge in [0, 0.05) is 25.4 Å². The molecule has 0 unspecified atom stereocenters. The van der Waals surface area contributed by atoms with Gasteiger partial charge in [-0.05, 0) is 24.1 Å². The molecule has 0 aliphatic carbocycles. The third-order valence-electron chi connectivity index (χ3n) is 2.71. The lowest BCUT2D eigenvalue weighted by molar-refractivity contribution is -0.131. The number of nitrogens with zero attached hydrogens (tertiary/aromatic N) is 1. The van der Waals surface area contributed by atoms with Crippen molar-refractivity contribution in [2.75, 3.05) is 25.0 Å². The lowest BCUT2D eigenvalue weighted by atomic mass is 10.1. The number of para-hydroxylation sites is 1. The van der Waals surface area contributed by atoms with Crippen LogP contribution in [0.5, 0.6) is 0 Å². The molecule has 0 bridgehead atoms. The molecule has 0 atom stereocenters. The Kier molecular flexibility index (Phi) is 6.29. The van der Waals surface area contributed by atoms with E-state index in [1.807, 2.05) is 31.2 Å². The van der Waals surface area contributed by atoms with Crippen molar-refractivity contribution in [2.45, 2.75) is 13.3 Å². The third-order valence-corrected chi connectivity index (χ3v) is 2.71. The predicted octanol–water partition coefficient (Wildman–Crippen LogP) is 1.75. The highest BCUT2D eigenvalue weighted by Crippen LogP contribution is 2.20. The molecule has 1 amide bonds. The van der Waals surface area contributed by atoms with Crippen molar-refractivity contribution >= 4 is 23.6 Å². The van der Waals surface area contributed by atoms with E-state index in [1.165, 1.54) is 6.08 Å². The van der Waals surface area contributed by atoms with Crippen LogP contribution >= 0.6 is 0 Å². The second-order valence-electron chi connectivity index (χ2n) is 4.44. The van der Waals surface area contributed by atoms with E-state index in [2.05, 4.69) is 5.32 Å². The molecule has 1 aromatic carbocycles. The van der Waals surface area contributed by atoms with Gasteiger partial charge in [0.15, 0.2) is 0 Å². The molecule has 0 aromatic heterocycles. The Morgan fingerprint density at radius 1 is 1.35 bits per heavy atom. The lowest BCUT2D eigenvalue weighted by Crippen LogP contribution is -2.35. The first kappa shape index (κ1) is 15.8. The van der Waals surface area contributed by atoms with Crippen molar-refractivity contribution in [1.29, 1.82) is 0 Å². The Labute approximate surface area is 118 Å². The normalized spacial score (nSPS) is 10.5. The number of benzene rings is 1. The molecule has 1 aromatic rings. The Bertz CT molecular complexity index is 498. The summed E-state index contributed by atoms with van der Waals surface area (Å²) in [6.07, 6.45) is 3.51. The Morgan fingerprint density at radius 2 is 2.05 bits per heavy atom. The van der Waals surface area contributed by atoms with Gasteiger partial charge in [-0.1, -0.05) is 25.1 Å². The van der Waals surface area contributed by atoms with Crippen LogP contribution < -0.4 is 10.2 Å². The zero-order chi connectivity index (χ0) is 15.0. The Morgan fingerprint density at radius 3 is 2.70 bits per heavy atom. The van der Waals surface area contributed by atoms with Crippen molar-refractivity contribution in [3.8, 4) is 0 Å². The first-order chi connectivity index (χ1) is 9.54. The highest BCUT2D eigenvalue weighted by molar-refractivity contribution is 5.88. The van der Waals surface area contributed by atoms with Gasteiger partial charge in [0.1, 0.15) is 0 Å². The second kappa shape index (κ2) is 7.99. The molecule has 0 saturated heterocycles. The van der Waals surface area contributed by atoms with E-state index in [9.17, 15) is 9.59 Å². The molecule has 0 spiro atoms. The molecule has 0 radical (unpaired) electrons. The average Bonchev–Trinajstić information content (AvgIpc) is 2.43. The lowest BCUT2D eigenvalue weighted by Gasteiger charge is -2.20. The number of aliphatic carboxylic acids is 1. The molecule has 1 rings (SSSR count). The minimum absolute atomic E-state index is 0.0497. The van der Waals surface area contributed by atoms with Gasteiger partial charge in [-0.25, -0.2) is 4.79 Å². The maximum absolute atomic E-state index is 11.7. The molecule has 0 saturated carbocycles. The minimum atomic E-state index is -0.997. The minimum Gasteiger partial charge on any atom is -0.478 e. The molecule has 2 N–H and O–H groups in total. The van der Waals surface area contributed by atoms with E-state index in [0.717, 1.165) is 23.7 Å². The molecular weight excluding hydrogens is 256 g/mol. The van der Waals surface area contributed by atoms with Crippen LogP contribution in [-0.2, 0) is 9.59 Å². The largest absolute Gasteiger partial charge is 0.478 e. The first-order valence-electron chi connectivity index (χ1n) is 6.52. The van der Waals surface area contributed by atoms with Gasteiger partial charge in [-0.15, -0.1) is 0 Å². The average molecular weight is 276 g/mol. The number of nitrogens with one attached hydrogen (secondary N) is 1. The monoisotopic (exact) mass is 276 g/mol. The third kappa shape index (κ3) is 5.14. The van der Waals surface area contributed by atoms with Crippen LogP contribution in [0.15, 0.2) is 30.3 Å². The van der Waals surface area contributed by atoms with Gasteiger partial charge in [-0.3, -0.25) is 4.79 Å². The molecule has 20 heavy (non-hydrogen) atoms. The van der Waals surface area contributed by atoms with E-state index in [1.54, 1.807) is 11.9 Å². The van der Waals surface area contributed by atoms with E-state index < -0.39 is 5.97 Å². The maximum atomic E-state index is 11.7. The van der Waals surface area contributed by atoms with Crippen LogP contribution in [0.1, 0.15) is 18.9 Å². The van der Waals surface area contributed by atoms with Gasteiger partial charge >= 0.3 is 5.97 Å². The molecule has 5 heteroatoms. The van der Waals surface area contributed by atoms with Crippen LogP contribution in [0.4, 0.5) is 5.69 Å². The zero-order valence-corrected chi connectivity index (χ0v) is 11.8. The number of carbonyl (C=O) groups excluding carboxylic acids is 1. The molecule has 0 heterocycles. The summed E-state index contributed by atoms with van der Waals surface area (Å²) in [5, 5.41) is 11.5. The summed E-state index contributed by atoms with van der Waals surface area (Å²) in [6, 6.07) is 7.35. The van der Waals surface area contributed by atoms with Crippen LogP contribution in [0.3, 0.4) is 0 Å². The number of amides is 1. The number of rotatable bonds is 7.